The van der Waals surface area contributed by atoms with Gasteiger partial charge in [0.25, 0.3) is 5.91 Å². The van der Waals surface area contributed by atoms with Gasteiger partial charge in [-0.1, -0.05) is 30.3 Å². The lowest BCUT2D eigenvalue weighted by molar-refractivity contribution is 0.0724. The molecule has 1 fully saturated rings. The van der Waals surface area contributed by atoms with E-state index in [0.29, 0.717) is 22.5 Å². The molecule has 3 heterocycles. The van der Waals surface area contributed by atoms with Gasteiger partial charge in [-0.3, -0.25) is 14.0 Å². The number of pyridine rings is 1. The fourth-order valence-electron chi connectivity index (χ4n) is 3.34. The Labute approximate surface area is 145 Å². The van der Waals surface area contributed by atoms with Gasteiger partial charge in [0.2, 0.25) is 5.78 Å². The van der Waals surface area contributed by atoms with Crippen LogP contribution in [0.5, 0.6) is 0 Å². The smallest absolute Gasteiger partial charge is 0.254 e. The normalized spacial score (nSPS) is 14.6. The maximum Gasteiger partial charge on any atom is 0.254 e. The van der Waals surface area contributed by atoms with E-state index in [-0.39, 0.29) is 11.7 Å². The highest BCUT2D eigenvalue weighted by Crippen LogP contribution is 2.18. The molecule has 126 valence electrons. The largest absolute Gasteiger partial charge is 0.339 e. The summed E-state index contributed by atoms with van der Waals surface area (Å²) in [6.45, 7) is 1.56. The van der Waals surface area contributed by atoms with Gasteiger partial charge < -0.3 is 4.90 Å². The molecule has 1 aliphatic heterocycles. The average Bonchev–Trinajstić information content (AvgIpc) is 3.16. The fourth-order valence-corrected chi connectivity index (χ4v) is 3.34. The molecule has 0 aliphatic carbocycles. The van der Waals surface area contributed by atoms with Gasteiger partial charge in [-0.25, -0.2) is 4.98 Å². The third kappa shape index (κ3) is 2.93. The van der Waals surface area contributed by atoms with Crippen LogP contribution in [-0.4, -0.2) is 39.1 Å². The zero-order chi connectivity index (χ0) is 17.2. The second-order valence-electron chi connectivity index (χ2n) is 6.33. The first-order valence-corrected chi connectivity index (χ1v) is 8.60. The van der Waals surface area contributed by atoms with Crippen LogP contribution in [0, 0.1) is 0 Å². The van der Waals surface area contributed by atoms with Crippen LogP contribution in [0.2, 0.25) is 0 Å². The van der Waals surface area contributed by atoms with Crippen LogP contribution in [0.3, 0.4) is 0 Å². The van der Waals surface area contributed by atoms with Crippen LogP contribution >= 0.6 is 0 Å². The van der Waals surface area contributed by atoms with E-state index in [1.54, 1.807) is 41.1 Å². The molecule has 1 aliphatic rings. The lowest BCUT2D eigenvalue weighted by Gasteiger charge is -2.27. The molecule has 0 atom stereocenters. The number of likely N-dealkylation sites (tertiary alicyclic amines) is 1. The number of ketones is 1. The maximum atomic E-state index is 12.9. The Hall–Kier alpha value is -2.95. The SMILES string of the molecule is O=C(c1ccccc1)c1cc(C(=O)N2CCCCC2)cc2nccn12. The van der Waals surface area contributed by atoms with E-state index in [1.807, 2.05) is 23.1 Å². The average molecular weight is 333 g/mol. The molecule has 1 amide bonds. The third-order valence-electron chi connectivity index (χ3n) is 4.66. The first kappa shape index (κ1) is 15.6. The van der Waals surface area contributed by atoms with E-state index < -0.39 is 0 Å². The molecule has 0 N–H and O–H groups in total. The quantitative estimate of drug-likeness (QED) is 0.692. The lowest BCUT2D eigenvalue weighted by atomic mass is 10.0. The number of aromatic nitrogens is 2. The monoisotopic (exact) mass is 333 g/mol. The van der Waals surface area contributed by atoms with E-state index in [1.165, 1.54) is 6.42 Å². The third-order valence-corrected chi connectivity index (χ3v) is 4.66. The number of benzene rings is 1. The van der Waals surface area contributed by atoms with Crippen molar-refractivity contribution in [3.63, 3.8) is 0 Å². The number of piperidine rings is 1. The molecule has 4 rings (SSSR count). The number of carbonyl (C=O) groups is 2. The van der Waals surface area contributed by atoms with Crippen molar-refractivity contribution in [3.05, 3.63) is 71.7 Å². The predicted molar refractivity (Wildman–Crippen MR) is 94.8 cm³/mol. The van der Waals surface area contributed by atoms with E-state index in [9.17, 15) is 9.59 Å². The summed E-state index contributed by atoms with van der Waals surface area (Å²) < 4.78 is 1.74. The molecular weight excluding hydrogens is 314 g/mol. The molecule has 0 radical (unpaired) electrons. The Morgan fingerprint density at radius 1 is 0.920 bits per heavy atom. The number of fused-ring (bicyclic) bond motifs is 1. The minimum atomic E-state index is -0.114. The van der Waals surface area contributed by atoms with E-state index in [2.05, 4.69) is 4.98 Å². The Kier molecular flexibility index (Phi) is 4.06. The molecule has 0 bridgehead atoms. The molecular formula is C20H19N3O2. The van der Waals surface area contributed by atoms with Crippen molar-refractivity contribution in [3.8, 4) is 0 Å². The summed E-state index contributed by atoms with van der Waals surface area (Å²) in [5.41, 5.74) is 2.20. The number of carbonyl (C=O) groups excluding carboxylic acids is 2. The van der Waals surface area contributed by atoms with Gasteiger partial charge in [0.1, 0.15) is 5.65 Å². The van der Waals surface area contributed by atoms with Crippen LogP contribution in [0.15, 0.2) is 54.9 Å². The van der Waals surface area contributed by atoms with Gasteiger partial charge in [0.15, 0.2) is 0 Å². The van der Waals surface area contributed by atoms with Gasteiger partial charge in [-0.15, -0.1) is 0 Å². The molecule has 3 aromatic rings. The second kappa shape index (κ2) is 6.51. The van der Waals surface area contributed by atoms with Crippen molar-refractivity contribution < 1.29 is 9.59 Å². The molecule has 5 nitrogen and oxygen atoms in total. The van der Waals surface area contributed by atoms with Crippen molar-refractivity contribution >= 4 is 17.3 Å². The highest BCUT2D eigenvalue weighted by molar-refractivity contribution is 6.09. The summed E-state index contributed by atoms with van der Waals surface area (Å²) in [4.78, 5) is 31.9. The summed E-state index contributed by atoms with van der Waals surface area (Å²) in [5, 5.41) is 0. The number of nitrogens with zero attached hydrogens (tertiary/aromatic N) is 3. The Morgan fingerprint density at radius 2 is 1.68 bits per heavy atom. The van der Waals surface area contributed by atoms with Crippen LogP contribution in [0.4, 0.5) is 0 Å². The highest BCUT2D eigenvalue weighted by atomic mass is 16.2. The zero-order valence-corrected chi connectivity index (χ0v) is 13.9. The predicted octanol–water partition coefficient (Wildman–Crippen LogP) is 3.19. The molecule has 25 heavy (non-hydrogen) atoms. The molecule has 0 saturated carbocycles. The topological polar surface area (TPSA) is 54.7 Å². The minimum absolute atomic E-state index is 0.0210. The number of rotatable bonds is 3. The molecule has 5 heteroatoms. The van der Waals surface area contributed by atoms with E-state index in [0.717, 1.165) is 25.9 Å². The van der Waals surface area contributed by atoms with Gasteiger partial charge >= 0.3 is 0 Å². The first-order valence-electron chi connectivity index (χ1n) is 8.60. The van der Waals surface area contributed by atoms with Gasteiger partial charge in [-0.05, 0) is 31.4 Å². The minimum Gasteiger partial charge on any atom is -0.339 e. The number of hydrogen-bond donors (Lipinski definition) is 0. The molecule has 1 saturated heterocycles. The molecule has 0 spiro atoms. The van der Waals surface area contributed by atoms with Crippen molar-refractivity contribution in [2.75, 3.05) is 13.1 Å². The first-order chi connectivity index (χ1) is 12.2. The second-order valence-corrected chi connectivity index (χ2v) is 6.33. The highest BCUT2D eigenvalue weighted by Gasteiger charge is 2.22. The molecule has 0 unspecified atom stereocenters. The number of imidazole rings is 1. The van der Waals surface area contributed by atoms with Crippen molar-refractivity contribution in [2.24, 2.45) is 0 Å². The summed E-state index contributed by atoms with van der Waals surface area (Å²) in [5.74, 6) is -0.135. The van der Waals surface area contributed by atoms with Crippen molar-refractivity contribution in [1.29, 1.82) is 0 Å². The van der Waals surface area contributed by atoms with Crippen LogP contribution < -0.4 is 0 Å². The molecule has 2 aromatic heterocycles. The Balaban J connectivity index is 1.77. The van der Waals surface area contributed by atoms with Crippen molar-refractivity contribution in [1.82, 2.24) is 14.3 Å². The summed E-state index contributed by atoms with van der Waals surface area (Å²) >= 11 is 0. The molecule has 1 aromatic carbocycles. The van der Waals surface area contributed by atoms with E-state index >= 15 is 0 Å². The van der Waals surface area contributed by atoms with Crippen LogP contribution in [0.1, 0.15) is 45.7 Å². The summed E-state index contributed by atoms with van der Waals surface area (Å²) in [6.07, 6.45) is 6.63. The van der Waals surface area contributed by atoms with Gasteiger partial charge in [0.05, 0.1) is 5.69 Å². The summed E-state index contributed by atoms with van der Waals surface area (Å²) in [7, 11) is 0. The van der Waals surface area contributed by atoms with Crippen molar-refractivity contribution in [2.45, 2.75) is 19.3 Å². The van der Waals surface area contributed by atoms with Crippen LogP contribution in [-0.2, 0) is 0 Å². The fraction of sp³-hybridized carbons (Fsp3) is 0.250. The zero-order valence-electron chi connectivity index (χ0n) is 13.9. The Morgan fingerprint density at radius 3 is 2.44 bits per heavy atom. The van der Waals surface area contributed by atoms with Crippen LogP contribution in [0.25, 0.3) is 5.65 Å². The van der Waals surface area contributed by atoms with E-state index in [4.69, 9.17) is 0 Å². The number of hydrogen-bond acceptors (Lipinski definition) is 3. The van der Waals surface area contributed by atoms with Gasteiger partial charge in [-0.2, -0.15) is 0 Å². The maximum absolute atomic E-state index is 12.9. The Bertz CT molecular complexity index is 925. The number of amides is 1. The van der Waals surface area contributed by atoms with Gasteiger partial charge in [0, 0.05) is 36.6 Å². The standard InChI is InChI=1S/C20H19N3O2/c24-19(15-7-3-1-4-8-15)17-13-16(14-18-21-9-12-23(17)18)20(25)22-10-5-2-6-11-22/h1,3-4,7-9,12-14H,2,5-6,10-11H2. The lowest BCUT2D eigenvalue weighted by Crippen LogP contribution is -2.35. The summed E-state index contributed by atoms with van der Waals surface area (Å²) in [6, 6.07) is 12.6.